The zero-order valence-electron chi connectivity index (χ0n) is 12.0. The van der Waals surface area contributed by atoms with Crippen molar-refractivity contribution in [1.82, 2.24) is 9.97 Å². The summed E-state index contributed by atoms with van der Waals surface area (Å²) in [6.45, 7) is 5.47. The van der Waals surface area contributed by atoms with Crippen molar-refractivity contribution in [1.29, 1.82) is 0 Å². The molecule has 4 nitrogen and oxygen atoms in total. The Morgan fingerprint density at radius 3 is 2.81 bits per heavy atom. The van der Waals surface area contributed by atoms with Crippen LogP contribution in [0.4, 0.5) is 14.6 Å². The second-order valence-corrected chi connectivity index (χ2v) is 6.07. The fraction of sp³-hybridized carbons (Fsp3) is 0.714. The second-order valence-electron chi connectivity index (χ2n) is 5.68. The number of hydrogen-bond acceptors (Lipinski definition) is 4. The van der Waals surface area contributed by atoms with Crippen molar-refractivity contribution >= 4 is 17.4 Å². The number of hydrogen-bond donors (Lipinski definition) is 0. The van der Waals surface area contributed by atoms with Crippen LogP contribution in [0.1, 0.15) is 32.0 Å². The van der Waals surface area contributed by atoms with Crippen LogP contribution in [0.3, 0.4) is 0 Å². The molecule has 0 bridgehead atoms. The van der Waals surface area contributed by atoms with E-state index in [0.717, 1.165) is 6.42 Å². The minimum atomic E-state index is -2.73. The summed E-state index contributed by atoms with van der Waals surface area (Å²) in [7, 11) is 0. The minimum absolute atomic E-state index is 0.149. The predicted molar refractivity (Wildman–Crippen MR) is 76.1 cm³/mol. The fourth-order valence-electron chi connectivity index (χ4n) is 2.88. The molecule has 2 heterocycles. The molecule has 1 saturated carbocycles. The van der Waals surface area contributed by atoms with Crippen LogP contribution in [0.25, 0.3) is 0 Å². The van der Waals surface area contributed by atoms with Crippen molar-refractivity contribution in [2.24, 2.45) is 5.92 Å². The van der Waals surface area contributed by atoms with Crippen molar-refractivity contribution in [3.8, 4) is 0 Å². The SMILES string of the molecule is CC[C@H]1COCCN1c1cc(Cl)nc(C2C(C)C2(F)F)n1. The Morgan fingerprint density at radius 2 is 2.19 bits per heavy atom. The van der Waals surface area contributed by atoms with E-state index in [-0.39, 0.29) is 17.0 Å². The highest BCUT2D eigenvalue weighted by Gasteiger charge is 2.67. The van der Waals surface area contributed by atoms with Gasteiger partial charge in [0.1, 0.15) is 16.8 Å². The summed E-state index contributed by atoms with van der Waals surface area (Å²) in [5.74, 6) is -3.60. The van der Waals surface area contributed by atoms with Gasteiger partial charge in [-0.1, -0.05) is 25.4 Å². The molecule has 1 aliphatic carbocycles. The van der Waals surface area contributed by atoms with E-state index in [1.165, 1.54) is 6.92 Å². The number of anilines is 1. The summed E-state index contributed by atoms with van der Waals surface area (Å²) in [6.07, 6.45) is 0.896. The van der Waals surface area contributed by atoms with Crippen LogP contribution >= 0.6 is 11.6 Å². The topological polar surface area (TPSA) is 38.2 Å². The summed E-state index contributed by atoms with van der Waals surface area (Å²) in [4.78, 5) is 10.4. The fourth-order valence-corrected chi connectivity index (χ4v) is 3.06. The molecule has 116 valence electrons. The van der Waals surface area contributed by atoms with E-state index < -0.39 is 17.8 Å². The van der Waals surface area contributed by atoms with Crippen molar-refractivity contribution in [3.63, 3.8) is 0 Å². The average molecular weight is 318 g/mol. The molecule has 0 radical (unpaired) electrons. The molecule has 0 spiro atoms. The van der Waals surface area contributed by atoms with E-state index in [1.807, 2.05) is 0 Å². The molecule has 2 unspecified atom stereocenters. The first-order valence-electron chi connectivity index (χ1n) is 7.21. The zero-order chi connectivity index (χ0) is 15.2. The Balaban J connectivity index is 1.91. The monoisotopic (exact) mass is 317 g/mol. The van der Waals surface area contributed by atoms with Crippen molar-refractivity contribution in [3.05, 3.63) is 17.0 Å². The third-order valence-corrected chi connectivity index (χ3v) is 4.58. The lowest BCUT2D eigenvalue weighted by atomic mass is 10.2. The molecule has 0 N–H and O–H groups in total. The number of morpholine rings is 1. The van der Waals surface area contributed by atoms with Gasteiger partial charge in [-0.25, -0.2) is 18.7 Å². The molecule has 1 aromatic rings. The Hall–Kier alpha value is -1.01. The van der Waals surface area contributed by atoms with Crippen molar-refractivity contribution in [2.75, 3.05) is 24.7 Å². The van der Waals surface area contributed by atoms with Crippen LogP contribution < -0.4 is 4.90 Å². The number of halogens is 3. The highest BCUT2D eigenvalue weighted by atomic mass is 35.5. The lowest BCUT2D eigenvalue weighted by Gasteiger charge is -2.36. The van der Waals surface area contributed by atoms with Gasteiger partial charge in [-0.15, -0.1) is 0 Å². The molecular formula is C14H18ClF2N3O. The maximum Gasteiger partial charge on any atom is 0.261 e. The minimum Gasteiger partial charge on any atom is -0.377 e. The van der Waals surface area contributed by atoms with Crippen LogP contribution in [0.2, 0.25) is 5.15 Å². The highest BCUT2D eigenvalue weighted by Crippen LogP contribution is 2.60. The standard InChI is InChI=1S/C14H18ClF2N3O/c1-3-9-7-21-5-4-20(9)11-6-10(15)18-13(19-11)12-8(2)14(12,16)17/h6,8-9,12H,3-5,7H2,1-2H3/t8?,9-,12?/m0/s1. The van der Waals surface area contributed by atoms with Gasteiger partial charge in [0.25, 0.3) is 5.92 Å². The van der Waals surface area contributed by atoms with Crippen LogP contribution in [0.15, 0.2) is 6.07 Å². The van der Waals surface area contributed by atoms with Gasteiger partial charge in [-0.05, 0) is 6.42 Å². The number of aromatic nitrogens is 2. The van der Waals surface area contributed by atoms with Crippen LogP contribution in [0, 0.1) is 5.92 Å². The van der Waals surface area contributed by atoms with E-state index in [2.05, 4.69) is 21.8 Å². The molecule has 7 heteroatoms. The number of rotatable bonds is 3. The van der Waals surface area contributed by atoms with Crippen molar-refractivity contribution < 1.29 is 13.5 Å². The molecule has 0 amide bonds. The third-order valence-electron chi connectivity index (χ3n) is 4.38. The maximum atomic E-state index is 13.6. The first kappa shape index (κ1) is 14.9. The summed E-state index contributed by atoms with van der Waals surface area (Å²) in [5, 5.41) is 0.214. The summed E-state index contributed by atoms with van der Waals surface area (Å²) in [6, 6.07) is 1.83. The molecule has 1 aliphatic heterocycles. The van der Waals surface area contributed by atoms with Crippen molar-refractivity contribution in [2.45, 2.75) is 38.2 Å². The average Bonchev–Trinajstić information content (AvgIpc) is 2.96. The van der Waals surface area contributed by atoms with Gasteiger partial charge in [0, 0.05) is 18.5 Å². The number of nitrogens with zero attached hydrogens (tertiary/aromatic N) is 3. The first-order valence-corrected chi connectivity index (χ1v) is 7.59. The summed E-state index contributed by atoms with van der Waals surface area (Å²) >= 11 is 6.02. The van der Waals surface area contributed by atoms with E-state index in [9.17, 15) is 8.78 Å². The van der Waals surface area contributed by atoms with Gasteiger partial charge in [0.15, 0.2) is 0 Å². The van der Waals surface area contributed by atoms with E-state index in [0.29, 0.717) is 25.6 Å². The third kappa shape index (κ3) is 2.59. The summed E-state index contributed by atoms with van der Waals surface area (Å²) in [5.41, 5.74) is 0. The largest absolute Gasteiger partial charge is 0.377 e. The molecular weight excluding hydrogens is 300 g/mol. The normalized spacial score (nSPS) is 31.3. The van der Waals surface area contributed by atoms with Gasteiger partial charge in [0.2, 0.25) is 0 Å². The van der Waals surface area contributed by atoms with Gasteiger partial charge in [-0.2, -0.15) is 0 Å². The van der Waals surface area contributed by atoms with E-state index in [4.69, 9.17) is 16.3 Å². The first-order chi connectivity index (χ1) is 9.95. The van der Waals surface area contributed by atoms with Crippen LogP contribution in [0.5, 0.6) is 0 Å². The van der Waals surface area contributed by atoms with E-state index >= 15 is 0 Å². The van der Waals surface area contributed by atoms with Gasteiger partial charge in [-0.3, -0.25) is 0 Å². The number of alkyl halides is 2. The van der Waals surface area contributed by atoms with Crippen LogP contribution in [-0.4, -0.2) is 41.7 Å². The molecule has 1 saturated heterocycles. The molecule has 2 aliphatic rings. The van der Waals surface area contributed by atoms with Gasteiger partial charge >= 0.3 is 0 Å². The Kier molecular flexibility index (Phi) is 3.78. The lowest BCUT2D eigenvalue weighted by molar-refractivity contribution is 0.0920. The maximum absolute atomic E-state index is 13.6. The lowest BCUT2D eigenvalue weighted by Crippen LogP contribution is -2.45. The molecule has 0 aromatic carbocycles. The second kappa shape index (κ2) is 5.32. The molecule has 3 rings (SSSR count). The Morgan fingerprint density at radius 1 is 1.48 bits per heavy atom. The predicted octanol–water partition coefficient (Wildman–Crippen LogP) is 3.11. The number of ether oxygens (including phenoxy) is 1. The Labute approximate surface area is 127 Å². The van der Waals surface area contributed by atoms with Gasteiger partial charge in [0.05, 0.1) is 25.2 Å². The smallest absolute Gasteiger partial charge is 0.261 e. The molecule has 21 heavy (non-hydrogen) atoms. The van der Waals surface area contributed by atoms with Gasteiger partial charge < -0.3 is 9.64 Å². The molecule has 1 aromatic heterocycles. The zero-order valence-corrected chi connectivity index (χ0v) is 12.8. The Bertz CT molecular complexity index is 543. The van der Waals surface area contributed by atoms with E-state index in [1.54, 1.807) is 6.07 Å². The summed E-state index contributed by atoms with van der Waals surface area (Å²) < 4.78 is 32.6. The quantitative estimate of drug-likeness (QED) is 0.803. The molecule has 3 atom stereocenters. The molecule has 2 fully saturated rings. The highest BCUT2D eigenvalue weighted by molar-refractivity contribution is 6.29. The van der Waals surface area contributed by atoms with Crippen LogP contribution in [-0.2, 0) is 4.74 Å².